The van der Waals surface area contributed by atoms with Gasteiger partial charge >= 0.3 is 0 Å². The van der Waals surface area contributed by atoms with Crippen molar-refractivity contribution in [2.75, 3.05) is 6.54 Å². The summed E-state index contributed by atoms with van der Waals surface area (Å²) in [6.07, 6.45) is 1.86. The van der Waals surface area contributed by atoms with E-state index in [1.54, 1.807) is 28.6 Å². The van der Waals surface area contributed by atoms with E-state index in [4.69, 9.17) is 11.6 Å². The van der Waals surface area contributed by atoms with E-state index in [1.165, 1.54) is 0 Å². The van der Waals surface area contributed by atoms with Crippen molar-refractivity contribution in [1.82, 2.24) is 4.31 Å². The van der Waals surface area contributed by atoms with Crippen molar-refractivity contribution in [3.8, 4) is 0 Å². The van der Waals surface area contributed by atoms with Gasteiger partial charge < -0.3 is 0 Å². The number of rotatable bonds is 3. The van der Waals surface area contributed by atoms with Gasteiger partial charge in [0, 0.05) is 12.6 Å². The molecule has 2 rings (SSSR count). The topological polar surface area (TPSA) is 37.4 Å². The zero-order valence-corrected chi connectivity index (χ0v) is 12.2. The van der Waals surface area contributed by atoms with Crippen LogP contribution in [-0.4, -0.2) is 25.3 Å². The molecule has 0 spiro atoms. The first-order chi connectivity index (χ1) is 8.44. The molecule has 0 N–H and O–H groups in total. The normalized spacial score (nSPS) is 21.7. The molecule has 0 saturated carbocycles. The molecule has 0 aromatic heterocycles. The Morgan fingerprint density at radius 3 is 2.61 bits per heavy atom. The highest BCUT2D eigenvalue weighted by Crippen LogP contribution is 2.32. The van der Waals surface area contributed by atoms with Gasteiger partial charge in [0.05, 0.1) is 5.02 Å². The summed E-state index contributed by atoms with van der Waals surface area (Å²) >= 11 is 6.01. The van der Waals surface area contributed by atoms with Gasteiger partial charge in [0.1, 0.15) is 4.90 Å². The molecule has 1 atom stereocenters. The first-order valence-electron chi connectivity index (χ1n) is 6.21. The zero-order chi connectivity index (χ0) is 13.3. The first kappa shape index (κ1) is 13.8. The highest BCUT2D eigenvalue weighted by atomic mass is 35.5. The summed E-state index contributed by atoms with van der Waals surface area (Å²) in [5.41, 5.74) is 0. The second-order valence-corrected chi connectivity index (χ2v) is 7.27. The summed E-state index contributed by atoms with van der Waals surface area (Å²) in [6.45, 7) is 4.71. The monoisotopic (exact) mass is 287 g/mol. The molecule has 1 aromatic carbocycles. The van der Waals surface area contributed by atoms with E-state index in [2.05, 4.69) is 13.8 Å². The molecule has 1 aliphatic rings. The van der Waals surface area contributed by atoms with Crippen LogP contribution in [0.25, 0.3) is 0 Å². The van der Waals surface area contributed by atoms with Crippen LogP contribution in [0.3, 0.4) is 0 Å². The smallest absolute Gasteiger partial charge is 0.207 e. The molecule has 1 fully saturated rings. The molecule has 3 nitrogen and oxygen atoms in total. The lowest BCUT2D eigenvalue weighted by atomic mass is 10.0. The van der Waals surface area contributed by atoms with Gasteiger partial charge in [-0.2, -0.15) is 4.31 Å². The van der Waals surface area contributed by atoms with Crippen molar-refractivity contribution in [2.24, 2.45) is 5.92 Å². The predicted molar refractivity (Wildman–Crippen MR) is 73.2 cm³/mol. The Morgan fingerprint density at radius 2 is 2.00 bits per heavy atom. The van der Waals surface area contributed by atoms with Crippen LogP contribution in [0.15, 0.2) is 29.2 Å². The van der Waals surface area contributed by atoms with Crippen LogP contribution in [0.4, 0.5) is 0 Å². The Kier molecular flexibility index (Phi) is 3.99. The quantitative estimate of drug-likeness (QED) is 0.856. The van der Waals surface area contributed by atoms with Crippen molar-refractivity contribution in [1.29, 1.82) is 0 Å². The van der Waals surface area contributed by atoms with Crippen LogP contribution in [0.5, 0.6) is 0 Å². The Hall–Kier alpha value is -0.580. The standard InChI is InChI=1S/C13H18ClNO2S/c1-10(2)12-7-5-9-15(12)18(16,17)13-8-4-3-6-11(13)14/h3-4,6,8,10,12H,5,7,9H2,1-2H3. The van der Waals surface area contributed by atoms with Crippen LogP contribution >= 0.6 is 11.6 Å². The van der Waals surface area contributed by atoms with Crippen LogP contribution in [0.2, 0.25) is 5.02 Å². The van der Waals surface area contributed by atoms with Crippen molar-refractivity contribution >= 4 is 21.6 Å². The van der Waals surface area contributed by atoms with Crippen LogP contribution in [-0.2, 0) is 10.0 Å². The second kappa shape index (κ2) is 5.19. The molecule has 18 heavy (non-hydrogen) atoms. The van der Waals surface area contributed by atoms with Gasteiger partial charge in [-0.25, -0.2) is 8.42 Å². The van der Waals surface area contributed by atoms with Crippen LogP contribution in [0, 0.1) is 5.92 Å². The highest BCUT2D eigenvalue weighted by molar-refractivity contribution is 7.89. The van der Waals surface area contributed by atoms with Crippen LogP contribution < -0.4 is 0 Å². The Bertz CT molecular complexity index is 528. The third-order valence-corrected chi connectivity index (χ3v) is 5.87. The number of benzene rings is 1. The van der Waals surface area contributed by atoms with Gasteiger partial charge in [-0.1, -0.05) is 37.6 Å². The lowest BCUT2D eigenvalue weighted by Crippen LogP contribution is -2.38. The van der Waals surface area contributed by atoms with Gasteiger partial charge in [-0.3, -0.25) is 0 Å². The molecule has 5 heteroatoms. The maximum absolute atomic E-state index is 12.6. The summed E-state index contributed by atoms with van der Waals surface area (Å²) in [6, 6.07) is 6.73. The third-order valence-electron chi connectivity index (χ3n) is 3.44. The molecule has 0 bridgehead atoms. The summed E-state index contributed by atoms with van der Waals surface area (Å²) in [7, 11) is -3.46. The molecule has 1 aliphatic heterocycles. The van der Waals surface area contributed by atoms with E-state index in [-0.39, 0.29) is 10.9 Å². The van der Waals surface area contributed by atoms with Crippen LogP contribution in [0.1, 0.15) is 26.7 Å². The number of sulfonamides is 1. The summed E-state index contributed by atoms with van der Waals surface area (Å²) < 4.78 is 26.8. The van der Waals surface area contributed by atoms with Crippen molar-refractivity contribution in [3.63, 3.8) is 0 Å². The Labute approximate surface area is 114 Å². The average molecular weight is 288 g/mol. The maximum Gasteiger partial charge on any atom is 0.244 e. The van der Waals surface area contributed by atoms with E-state index in [0.717, 1.165) is 12.8 Å². The lowest BCUT2D eigenvalue weighted by molar-refractivity contribution is 0.316. The molecule has 1 unspecified atom stereocenters. The van der Waals surface area contributed by atoms with Gasteiger partial charge in [-0.15, -0.1) is 0 Å². The number of halogens is 1. The van der Waals surface area contributed by atoms with E-state index in [0.29, 0.717) is 17.5 Å². The van der Waals surface area contributed by atoms with Gasteiger partial charge in [0.2, 0.25) is 10.0 Å². The fourth-order valence-corrected chi connectivity index (χ4v) is 4.83. The summed E-state index contributed by atoms with van der Waals surface area (Å²) in [5, 5.41) is 0.298. The fourth-order valence-electron chi connectivity index (χ4n) is 2.51. The minimum absolute atomic E-state index is 0.0891. The Balaban J connectivity index is 2.40. The maximum atomic E-state index is 12.6. The van der Waals surface area contributed by atoms with Gasteiger partial charge in [0.15, 0.2) is 0 Å². The molecular weight excluding hydrogens is 270 g/mol. The highest BCUT2D eigenvalue weighted by Gasteiger charge is 2.37. The molecule has 0 amide bonds. The predicted octanol–water partition coefficient (Wildman–Crippen LogP) is 3.15. The molecular formula is C13H18ClNO2S. The third kappa shape index (κ3) is 2.42. The number of hydrogen-bond acceptors (Lipinski definition) is 2. The van der Waals surface area contributed by atoms with Crippen molar-refractivity contribution in [2.45, 2.75) is 37.6 Å². The average Bonchev–Trinajstić information content (AvgIpc) is 2.78. The Morgan fingerprint density at radius 1 is 1.33 bits per heavy atom. The SMILES string of the molecule is CC(C)C1CCCN1S(=O)(=O)c1ccccc1Cl. The molecule has 1 aromatic rings. The number of hydrogen-bond donors (Lipinski definition) is 0. The van der Waals surface area contributed by atoms with E-state index in [9.17, 15) is 8.42 Å². The fraction of sp³-hybridized carbons (Fsp3) is 0.538. The lowest BCUT2D eigenvalue weighted by Gasteiger charge is -2.27. The van der Waals surface area contributed by atoms with Gasteiger partial charge in [-0.05, 0) is 30.9 Å². The molecule has 100 valence electrons. The molecule has 0 aliphatic carbocycles. The van der Waals surface area contributed by atoms with Gasteiger partial charge in [0.25, 0.3) is 0 Å². The minimum Gasteiger partial charge on any atom is -0.207 e. The van der Waals surface area contributed by atoms with Crippen molar-refractivity contribution < 1.29 is 8.42 Å². The van der Waals surface area contributed by atoms with E-state index in [1.807, 2.05) is 0 Å². The molecule has 1 heterocycles. The van der Waals surface area contributed by atoms with Crippen molar-refractivity contribution in [3.05, 3.63) is 29.3 Å². The largest absolute Gasteiger partial charge is 0.244 e. The first-order valence-corrected chi connectivity index (χ1v) is 8.03. The summed E-state index contributed by atoms with van der Waals surface area (Å²) in [5.74, 6) is 0.324. The van der Waals surface area contributed by atoms with E-state index >= 15 is 0 Å². The molecule has 1 saturated heterocycles. The minimum atomic E-state index is -3.46. The second-order valence-electron chi connectivity index (χ2n) is 5.00. The zero-order valence-electron chi connectivity index (χ0n) is 10.6. The summed E-state index contributed by atoms with van der Waals surface area (Å²) in [4.78, 5) is 0.221. The van der Waals surface area contributed by atoms with E-state index < -0.39 is 10.0 Å². The molecule has 0 radical (unpaired) electrons. The number of nitrogens with zero attached hydrogens (tertiary/aromatic N) is 1.